The number of ether oxygens (including phenoxy) is 2. The quantitative estimate of drug-likeness (QED) is 0.717. The smallest absolute Gasteiger partial charge is 0.312 e. The number of carbonyl (C=O) groups excluding carboxylic acids is 1. The fourth-order valence-corrected chi connectivity index (χ4v) is 3.81. The summed E-state index contributed by atoms with van der Waals surface area (Å²) < 4.78 is 27.1. The van der Waals surface area contributed by atoms with Crippen molar-refractivity contribution in [3.8, 4) is 11.5 Å². The number of para-hydroxylation sites is 1. The number of amides is 2. The van der Waals surface area contributed by atoms with Crippen LogP contribution >= 0.6 is 0 Å². The molecule has 6 nitrogen and oxygen atoms in total. The number of primary amides is 1. The molecular weight excluding hydrogens is 361 g/mol. The van der Waals surface area contributed by atoms with Gasteiger partial charge in [-0.3, -0.25) is 0 Å². The van der Waals surface area contributed by atoms with E-state index < -0.39 is 11.7 Å². The number of carbonyl (C=O) groups is 1. The minimum absolute atomic E-state index is 0.0385. The molecule has 1 aliphatic carbocycles. The number of likely N-dealkylation sites (N-methyl/N-ethyl adjacent to an activating group) is 1. The molecule has 2 aliphatic rings. The Morgan fingerprint density at radius 3 is 2.96 bits per heavy atom. The summed E-state index contributed by atoms with van der Waals surface area (Å²) in [6.45, 7) is 0.558. The molecule has 1 aromatic carbocycles. The van der Waals surface area contributed by atoms with Crippen LogP contribution in [0.2, 0.25) is 0 Å². The number of allylic oxidation sites excluding steroid dienone is 4. The monoisotopic (exact) mass is 389 g/mol. The topological polar surface area (TPSA) is 76.8 Å². The van der Waals surface area contributed by atoms with Crippen molar-refractivity contribution in [2.75, 3.05) is 27.4 Å². The zero-order valence-electron chi connectivity index (χ0n) is 16.4. The third-order valence-corrected chi connectivity index (χ3v) is 5.41. The lowest BCUT2D eigenvalue weighted by atomic mass is 9.78. The third-order valence-electron chi connectivity index (χ3n) is 5.41. The minimum Gasteiger partial charge on any atom is -0.454 e. The summed E-state index contributed by atoms with van der Waals surface area (Å²) in [7, 11) is 3.92. The van der Waals surface area contributed by atoms with Crippen molar-refractivity contribution in [2.24, 2.45) is 11.7 Å². The number of nitrogens with zero attached hydrogens (tertiary/aromatic N) is 1. The average Bonchev–Trinajstić information content (AvgIpc) is 3.12. The molecule has 3 atom stereocenters. The van der Waals surface area contributed by atoms with Gasteiger partial charge in [-0.25, -0.2) is 9.18 Å². The molecule has 1 heterocycles. The van der Waals surface area contributed by atoms with Gasteiger partial charge in [0.2, 0.25) is 6.79 Å². The molecule has 0 spiro atoms. The van der Waals surface area contributed by atoms with Crippen LogP contribution in [0.15, 0.2) is 42.5 Å². The number of hydrogen-bond donors (Lipinski definition) is 2. The van der Waals surface area contributed by atoms with Gasteiger partial charge >= 0.3 is 6.03 Å². The van der Waals surface area contributed by atoms with Crippen LogP contribution in [0.5, 0.6) is 11.5 Å². The second-order valence-electron chi connectivity index (χ2n) is 7.53. The molecule has 152 valence electrons. The zero-order valence-corrected chi connectivity index (χ0v) is 16.4. The van der Waals surface area contributed by atoms with Crippen molar-refractivity contribution in [3.63, 3.8) is 0 Å². The summed E-state index contributed by atoms with van der Waals surface area (Å²) in [4.78, 5) is 13.0. The Morgan fingerprint density at radius 1 is 1.39 bits per heavy atom. The molecule has 3 rings (SSSR count). The maximum atomic E-state index is 16.0. The van der Waals surface area contributed by atoms with Crippen LogP contribution in [-0.2, 0) is 6.42 Å². The average molecular weight is 389 g/mol. The van der Waals surface area contributed by atoms with E-state index in [9.17, 15) is 4.79 Å². The molecule has 0 aromatic heterocycles. The number of halogens is 1. The number of hydrogen-bond acceptors (Lipinski definition) is 4. The minimum atomic E-state index is -1.50. The van der Waals surface area contributed by atoms with Crippen molar-refractivity contribution >= 4 is 6.03 Å². The first-order valence-electron chi connectivity index (χ1n) is 9.51. The summed E-state index contributed by atoms with van der Waals surface area (Å²) >= 11 is 0. The van der Waals surface area contributed by atoms with Gasteiger partial charge in [0, 0.05) is 24.9 Å². The van der Waals surface area contributed by atoms with E-state index in [0.717, 1.165) is 17.1 Å². The molecule has 0 fully saturated rings. The maximum absolute atomic E-state index is 16.0. The van der Waals surface area contributed by atoms with E-state index >= 15 is 4.39 Å². The SMILES string of the molecule is CN(C)C(Cc1cccc2c1OCO2)CC1(F)C=CC=CC1CCNC(N)=O. The molecule has 0 radical (unpaired) electrons. The maximum Gasteiger partial charge on any atom is 0.312 e. The van der Waals surface area contributed by atoms with Gasteiger partial charge in [-0.2, -0.15) is 0 Å². The number of nitrogens with one attached hydrogen (secondary N) is 1. The summed E-state index contributed by atoms with van der Waals surface area (Å²) in [6, 6.07) is 5.18. The second kappa shape index (κ2) is 8.65. The lowest BCUT2D eigenvalue weighted by molar-refractivity contribution is 0.101. The van der Waals surface area contributed by atoms with Crippen LogP contribution in [-0.4, -0.2) is 50.1 Å². The lowest BCUT2D eigenvalue weighted by Gasteiger charge is -2.37. The molecule has 2 amide bonds. The van der Waals surface area contributed by atoms with Gasteiger partial charge in [0.05, 0.1) is 0 Å². The second-order valence-corrected chi connectivity index (χ2v) is 7.53. The molecule has 0 saturated heterocycles. The predicted molar refractivity (Wildman–Crippen MR) is 106 cm³/mol. The Morgan fingerprint density at radius 2 is 2.21 bits per heavy atom. The first kappa shape index (κ1) is 20.2. The summed E-state index contributed by atoms with van der Waals surface area (Å²) in [6.07, 6.45) is 8.56. The molecule has 3 N–H and O–H groups in total. The number of fused-ring (bicyclic) bond motifs is 1. The van der Waals surface area contributed by atoms with Crippen molar-refractivity contribution < 1.29 is 18.7 Å². The van der Waals surface area contributed by atoms with Crippen LogP contribution < -0.4 is 20.5 Å². The van der Waals surface area contributed by atoms with Gasteiger partial charge in [-0.15, -0.1) is 0 Å². The number of benzene rings is 1. The van der Waals surface area contributed by atoms with E-state index in [1.165, 1.54) is 0 Å². The first-order chi connectivity index (χ1) is 13.4. The van der Waals surface area contributed by atoms with Crippen molar-refractivity contribution in [1.29, 1.82) is 0 Å². The fourth-order valence-electron chi connectivity index (χ4n) is 3.81. The van der Waals surface area contributed by atoms with Gasteiger partial charge in [0.1, 0.15) is 5.67 Å². The van der Waals surface area contributed by atoms with Crippen LogP contribution in [0.25, 0.3) is 0 Å². The molecule has 1 aromatic rings. The molecule has 1 aliphatic heterocycles. The molecule has 7 heteroatoms. The Bertz CT molecular complexity index is 765. The van der Waals surface area contributed by atoms with Crippen LogP contribution in [0, 0.1) is 5.92 Å². The molecule has 0 saturated carbocycles. The Labute approximate surface area is 165 Å². The van der Waals surface area contributed by atoms with Crippen LogP contribution in [0.1, 0.15) is 18.4 Å². The van der Waals surface area contributed by atoms with Gasteiger partial charge in [-0.05, 0) is 44.6 Å². The Hall–Kier alpha value is -2.54. The number of rotatable bonds is 8. The summed E-state index contributed by atoms with van der Waals surface area (Å²) in [5, 5.41) is 2.55. The van der Waals surface area contributed by atoms with E-state index in [-0.39, 0.29) is 18.8 Å². The number of alkyl halides is 1. The standard InChI is InChI=1S/C21H28FN3O3/c1-25(2)17(12-15-6-5-8-18-19(15)28-14-27-18)13-21(22)10-4-3-7-16(21)9-11-24-20(23)26/h3-8,10,16-17H,9,11-14H2,1-2H3,(H3,23,24,26). The third kappa shape index (κ3) is 4.65. The Kier molecular flexibility index (Phi) is 6.24. The lowest BCUT2D eigenvalue weighted by Crippen LogP contribution is -2.43. The highest BCUT2D eigenvalue weighted by Gasteiger charge is 2.39. The van der Waals surface area contributed by atoms with Gasteiger partial charge in [0.25, 0.3) is 0 Å². The highest BCUT2D eigenvalue weighted by atomic mass is 19.1. The predicted octanol–water partition coefficient (Wildman–Crippen LogP) is 2.79. The first-order valence-corrected chi connectivity index (χ1v) is 9.51. The van der Waals surface area contributed by atoms with E-state index in [4.69, 9.17) is 15.2 Å². The van der Waals surface area contributed by atoms with Crippen molar-refractivity contribution in [2.45, 2.75) is 31.0 Å². The normalized spacial score (nSPS) is 23.8. The summed E-state index contributed by atoms with van der Waals surface area (Å²) in [5.41, 5.74) is 4.63. The molecular formula is C21H28FN3O3. The Balaban J connectivity index is 1.73. The van der Waals surface area contributed by atoms with E-state index in [2.05, 4.69) is 5.32 Å². The van der Waals surface area contributed by atoms with E-state index in [1.54, 1.807) is 12.2 Å². The zero-order chi connectivity index (χ0) is 20.1. The highest BCUT2D eigenvalue weighted by Crippen LogP contribution is 2.39. The van der Waals surface area contributed by atoms with Crippen molar-refractivity contribution in [3.05, 3.63) is 48.1 Å². The fraction of sp³-hybridized carbons (Fsp3) is 0.476. The van der Waals surface area contributed by atoms with Crippen molar-refractivity contribution in [1.82, 2.24) is 10.2 Å². The largest absolute Gasteiger partial charge is 0.454 e. The molecule has 3 unspecified atom stereocenters. The van der Waals surface area contributed by atoms with E-state index in [1.807, 2.05) is 49.3 Å². The molecule has 0 bridgehead atoms. The van der Waals surface area contributed by atoms with Crippen LogP contribution in [0.3, 0.4) is 0 Å². The van der Waals surface area contributed by atoms with Gasteiger partial charge < -0.3 is 25.4 Å². The van der Waals surface area contributed by atoms with E-state index in [0.29, 0.717) is 25.8 Å². The summed E-state index contributed by atoms with van der Waals surface area (Å²) in [5.74, 6) is 1.16. The van der Waals surface area contributed by atoms with Gasteiger partial charge in [-0.1, -0.05) is 30.4 Å². The number of urea groups is 1. The number of nitrogens with two attached hydrogens (primary N) is 1. The van der Waals surface area contributed by atoms with Gasteiger partial charge in [0.15, 0.2) is 11.5 Å². The molecule has 28 heavy (non-hydrogen) atoms. The van der Waals surface area contributed by atoms with Crippen LogP contribution in [0.4, 0.5) is 9.18 Å². The highest BCUT2D eigenvalue weighted by molar-refractivity contribution is 5.71.